The fraction of sp³-hybridized carbons (Fsp3) is 0.294. The Morgan fingerprint density at radius 1 is 1.12 bits per heavy atom. The molecule has 0 saturated carbocycles. The molecule has 0 bridgehead atoms. The van der Waals surface area contributed by atoms with Gasteiger partial charge in [0.1, 0.15) is 0 Å². The van der Waals surface area contributed by atoms with Gasteiger partial charge in [0.2, 0.25) is 12.1 Å². The van der Waals surface area contributed by atoms with Crippen molar-refractivity contribution in [3.8, 4) is 0 Å². The van der Waals surface area contributed by atoms with E-state index in [2.05, 4.69) is 14.9 Å². The van der Waals surface area contributed by atoms with Crippen LogP contribution in [0.2, 0.25) is 5.02 Å². The van der Waals surface area contributed by atoms with Crippen molar-refractivity contribution in [3.05, 3.63) is 51.9 Å². The van der Waals surface area contributed by atoms with Gasteiger partial charge in [-0.2, -0.15) is 0 Å². The summed E-state index contributed by atoms with van der Waals surface area (Å²) in [5, 5.41) is 12.9. The van der Waals surface area contributed by atoms with Gasteiger partial charge >= 0.3 is 5.82 Å². The van der Waals surface area contributed by atoms with E-state index in [9.17, 15) is 10.1 Å². The van der Waals surface area contributed by atoms with Crippen LogP contribution >= 0.6 is 11.6 Å². The Morgan fingerprint density at radius 2 is 1.85 bits per heavy atom. The summed E-state index contributed by atoms with van der Waals surface area (Å²) in [6.07, 6.45) is 3.27. The Labute approximate surface area is 154 Å². The Kier molecular flexibility index (Phi) is 4.12. The van der Waals surface area contributed by atoms with Crippen molar-refractivity contribution in [2.45, 2.75) is 0 Å². The van der Waals surface area contributed by atoms with Gasteiger partial charge in [-0.15, -0.1) is 0 Å². The van der Waals surface area contributed by atoms with Crippen LogP contribution in [0, 0.1) is 10.1 Å². The van der Waals surface area contributed by atoms with Crippen molar-refractivity contribution >= 4 is 39.8 Å². The Hall–Kier alpha value is -2.87. The predicted octanol–water partition coefficient (Wildman–Crippen LogP) is 2.86. The van der Waals surface area contributed by atoms with Crippen LogP contribution in [-0.2, 0) is 7.05 Å². The number of imidazole rings is 1. The first kappa shape index (κ1) is 16.6. The molecule has 1 aliphatic heterocycles. The van der Waals surface area contributed by atoms with Crippen LogP contribution in [0.3, 0.4) is 0 Å². The maximum atomic E-state index is 11.2. The molecule has 2 aromatic heterocycles. The summed E-state index contributed by atoms with van der Waals surface area (Å²) in [4.78, 5) is 23.4. The zero-order chi connectivity index (χ0) is 18.3. The first-order valence-corrected chi connectivity index (χ1v) is 8.62. The number of hydrogen-bond donors (Lipinski definition) is 0. The molecule has 0 atom stereocenters. The molecule has 0 unspecified atom stereocenters. The third-order valence-electron chi connectivity index (χ3n) is 4.66. The summed E-state index contributed by atoms with van der Waals surface area (Å²) in [5.74, 6) is 0.464. The standard InChI is InChI=1S/C17H17ClN6O2/c1-21-11-20-16(24(25)26)17(21)23-8-6-22(7-9-23)15-4-5-19-14-10-12(18)2-3-13(14)15/h2-5,10-11H,6-9H2,1H3. The lowest BCUT2D eigenvalue weighted by Crippen LogP contribution is -2.47. The molecule has 0 radical (unpaired) electrons. The summed E-state index contributed by atoms with van der Waals surface area (Å²) in [6.45, 7) is 2.86. The Morgan fingerprint density at radius 3 is 2.58 bits per heavy atom. The minimum atomic E-state index is -0.429. The number of rotatable bonds is 3. The van der Waals surface area contributed by atoms with Crippen molar-refractivity contribution in [2.75, 3.05) is 36.0 Å². The van der Waals surface area contributed by atoms with Crippen LogP contribution in [0.1, 0.15) is 0 Å². The highest BCUT2D eigenvalue weighted by atomic mass is 35.5. The second-order valence-corrected chi connectivity index (χ2v) is 6.66. The summed E-state index contributed by atoms with van der Waals surface area (Å²) >= 11 is 6.06. The monoisotopic (exact) mass is 372 g/mol. The van der Waals surface area contributed by atoms with E-state index in [0.29, 0.717) is 23.9 Å². The van der Waals surface area contributed by atoms with Gasteiger partial charge < -0.3 is 19.9 Å². The normalized spacial score (nSPS) is 14.8. The molecule has 1 saturated heterocycles. The highest BCUT2D eigenvalue weighted by Gasteiger charge is 2.28. The van der Waals surface area contributed by atoms with Gasteiger partial charge in [0.15, 0.2) is 0 Å². The number of fused-ring (bicyclic) bond motifs is 1. The second-order valence-electron chi connectivity index (χ2n) is 6.23. The fourth-order valence-corrected chi connectivity index (χ4v) is 3.61. The molecule has 134 valence electrons. The number of aryl methyl sites for hydroxylation is 1. The van der Waals surface area contributed by atoms with E-state index in [1.54, 1.807) is 17.8 Å². The molecule has 3 aromatic rings. The minimum Gasteiger partial charge on any atom is -0.367 e. The van der Waals surface area contributed by atoms with E-state index in [4.69, 9.17) is 11.6 Å². The van der Waals surface area contributed by atoms with E-state index in [0.717, 1.165) is 29.7 Å². The summed E-state index contributed by atoms with van der Waals surface area (Å²) in [7, 11) is 1.78. The highest BCUT2D eigenvalue weighted by Crippen LogP contribution is 2.31. The van der Waals surface area contributed by atoms with Crippen LogP contribution in [0.25, 0.3) is 10.9 Å². The lowest BCUT2D eigenvalue weighted by Gasteiger charge is -2.37. The average molecular weight is 373 g/mol. The number of hydrogen-bond acceptors (Lipinski definition) is 6. The van der Waals surface area contributed by atoms with Crippen LogP contribution in [0.4, 0.5) is 17.3 Å². The number of piperazine rings is 1. The van der Waals surface area contributed by atoms with Gasteiger partial charge in [-0.05, 0) is 34.2 Å². The second kappa shape index (κ2) is 6.45. The molecule has 1 aliphatic rings. The molecule has 26 heavy (non-hydrogen) atoms. The third-order valence-corrected chi connectivity index (χ3v) is 4.90. The van der Waals surface area contributed by atoms with Crippen LogP contribution < -0.4 is 9.80 Å². The van der Waals surface area contributed by atoms with Crippen LogP contribution in [-0.4, -0.2) is 45.6 Å². The molecular formula is C17H17ClN6O2. The van der Waals surface area contributed by atoms with Gasteiger partial charge in [-0.25, -0.2) is 0 Å². The molecule has 1 fully saturated rings. The van der Waals surface area contributed by atoms with E-state index < -0.39 is 4.92 Å². The first-order valence-electron chi connectivity index (χ1n) is 8.24. The number of aromatic nitrogens is 3. The van der Waals surface area contributed by atoms with Gasteiger partial charge in [0, 0.05) is 55.5 Å². The van der Waals surface area contributed by atoms with E-state index in [-0.39, 0.29) is 5.82 Å². The topological polar surface area (TPSA) is 80.3 Å². The molecule has 0 amide bonds. The summed E-state index contributed by atoms with van der Waals surface area (Å²) < 4.78 is 1.71. The number of benzene rings is 1. The smallest absolute Gasteiger partial charge is 0.367 e. The van der Waals surface area contributed by atoms with Crippen molar-refractivity contribution in [2.24, 2.45) is 7.05 Å². The van der Waals surface area contributed by atoms with Crippen LogP contribution in [0.15, 0.2) is 36.8 Å². The maximum Gasteiger partial charge on any atom is 0.406 e. The molecule has 9 heteroatoms. The van der Waals surface area contributed by atoms with Crippen molar-refractivity contribution < 1.29 is 4.92 Å². The molecule has 4 rings (SSSR count). The molecule has 3 heterocycles. The largest absolute Gasteiger partial charge is 0.406 e. The fourth-order valence-electron chi connectivity index (χ4n) is 3.45. The number of pyridine rings is 1. The maximum absolute atomic E-state index is 11.2. The number of anilines is 2. The SMILES string of the molecule is Cn1cnc([N+](=O)[O-])c1N1CCN(c2ccnc3cc(Cl)ccc23)CC1. The lowest BCUT2D eigenvalue weighted by molar-refractivity contribution is -0.388. The molecule has 0 N–H and O–H groups in total. The number of nitro groups is 1. The van der Waals surface area contributed by atoms with Crippen molar-refractivity contribution in [1.82, 2.24) is 14.5 Å². The van der Waals surface area contributed by atoms with Gasteiger partial charge in [0.05, 0.1) is 5.52 Å². The van der Waals surface area contributed by atoms with Gasteiger partial charge in [0.25, 0.3) is 0 Å². The lowest BCUT2D eigenvalue weighted by atomic mass is 10.1. The molecule has 0 spiro atoms. The molecule has 0 aliphatic carbocycles. The quantitative estimate of drug-likeness (QED) is 0.519. The molecule has 1 aromatic carbocycles. The van der Waals surface area contributed by atoms with E-state index >= 15 is 0 Å². The first-order chi connectivity index (χ1) is 12.5. The Balaban J connectivity index is 1.58. The third kappa shape index (κ3) is 2.82. The molecule has 8 nitrogen and oxygen atoms in total. The highest BCUT2D eigenvalue weighted by molar-refractivity contribution is 6.31. The van der Waals surface area contributed by atoms with E-state index in [1.165, 1.54) is 6.33 Å². The average Bonchev–Trinajstić information content (AvgIpc) is 3.03. The number of nitrogens with zero attached hydrogens (tertiary/aromatic N) is 6. The van der Waals surface area contributed by atoms with Gasteiger partial charge in [-0.1, -0.05) is 11.6 Å². The van der Waals surface area contributed by atoms with Crippen LogP contribution in [0.5, 0.6) is 0 Å². The minimum absolute atomic E-state index is 0.0926. The Bertz CT molecular complexity index is 981. The summed E-state index contributed by atoms with van der Waals surface area (Å²) in [5.41, 5.74) is 1.96. The van der Waals surface area contributed by atoms with E-state index in [1.807, 2.05) is 29.2 Å². The number of halogens is 1. The summed E-state index contributed by atoms with van der Waals surface area (Å²) in [6, 6.07) is 7.71. The van der Waals surface area contributed by atoms with Gasteiger partial charge in [-0.3, -0.25) is 9.55 Å². The zero-order valence-electron chi connectivity index (χ0n) is 14.2. The zero-order valence-corrected chi connectivity index (χ0v) is 14.9. The molecular weight excluding hydrogens is 356 g/mol. The van der Waals surface area contributed by atoms with Crippen molar-refractivity contribution in [1.29, 1.82) is 0 Å². The van der Waals surface area contributed by atoms with Crippen molar-refractivity contribution in [3.63, 3.8) is 0 Å². The predicted molar refractivity (Wildman–Crippen MR) is 101 cm³/mol.